The molecule has 0 spiro atoms. The van der Waals surface area contributed by atoms with Gasteiger partial charge < -0.3 is 9.47 Å². The standard InChI is InChI=1S/C16H23ClO2/c1-14-10-16(13-17,19-11-14)8-5-9-18-12-15-6-3-2-4-7-15/h2-4,6-7,14H,5,8-13H2,1H3. The summed E-state index contributed by atoms with van der Waals surface area (Å²) in [4.78, 5) is 0. The van der Waals surface area contributed by atoms with Gasteiger partial charge in [-0.25, -0.2) is 0 Å². The van der Waals surface area contributed by atoms with E-state index in [9.17, 15) is 0 Å². The van der Waals surface area contributed by atoms with Crippen LogP contribution >= 0.6 is 11.6 Å². The molecule has 0 bridgehead atoms. The summed E-state index contributed by atoms with van der Waals surface area (Å²) in [6.07, 6.45) is 3.08. The summed E-state index contributed by atoms with van der Waals surface area (Å²) in [5.41, 5.74) is 1.12. The highest BCUT2D eigenvalue weighted by Crippen LogP contribution is 2.34. The molecule has 1 aromatic carbocycles. The fourth-order valence-corrected chi connectivity index (χ4v) is 2.99. The first-order valence-electron chi connectivity index (χ1n) is 7.06. The number of hydrogen-bond acceptors (Lipinski definition) is 2. The molecule has 1 saturated heterocycles. The van der Waals surface area contributed by atoms with Crippen LogP contribution in [0.25, 0.3) is 0 Å². The van der Waals surface area contributed by atoms with Crippen LogP contribution in [0.2, 0.25) is 0 Å². The summed E-state index contributed by atoms with van der Waals surface area (Å²) >= 11 is 6.07. The molecule has 1 aromatic rings. The van der Waals surface area contributed by atoms with Crippen molar-refractivity contribution < 1.29 is 9.47 Å². The highest BCUT2D eigenvalue weighted by Gasteiger charge is 2.37. The van der Waals surface area contributed by atoms with Gasteiger partial charge in [0, 0.05) is 6.61 Å². The van der Waals surface area contributed by atoms with E-state index >= 15 is 0 Å². The first-order valence-corrected chi connectivity index (χ1v) is 7.59. The minimum absolute atomic E-state index is 0.100. The molecular formula is C16H23ClO2. The maximum Gasteiger partial charge on any atom is 0.0821 e. The smallest absolute Gasteiger partial charge is 0.0821 e. The largest absolute Gasteiger partial charge is 0.377 e. The molecule has 0 aromatic heterocycles. The summed E-state index contributed by atoms with van der Waals surface area (Å²) in [7, 11) is 0. The number of hydrogen-bond donors (Lipinski definition) is 0. The van der Waals surface area contributed by atoms with Crippen LogP contribution in [0.3, 0.4) is 0 Å². The lowest BCUT2D eigenvalue weighted by Crippen LogP contribution is -2.30. The van der Waals surface area contributed by atoms with E-state index in [0.29, 0.717) is 18.4 Å². The lowest BCUT2D eigenvalue weighted by Gasteiger charge is -2.25. The van der Waals surface area contributed by atoms with Crippen molar-refractivity contribution >= 4 is 11.6 Å². The van der Waals surface area contributed by atoms with Gasteiger partial charge in [0.1, 0.15) is 0 Å². The Balaban J connectivity index is 1.64. The molecule has 0 radical (unpaired) electrons. The zero-order valence-electron chi connectivity index (χ0n) is 11.6. The van der Waals surface area contributed by atoms with Crippen molar-refractivity contribution in [1.29, 1.82) is 0 Å². The predicted molar refractivity (Wildman–Crippen MR) is 78.5 cm³/mol. The third-order valence-electron chi connectivity index (χ3n) is 3.67. The Labute approximate surface area is 121 Å². The van der Waals surface area contributed by atoms with E-state index in [-0.39, 0.29) is 5.60 Å². The zero-order chi connectivity index (χ0) is 13.6. The van der Waals surface area contributed by atoms with Gasteiger partial charge in [-0.3, -0.25) is 0 Å². The first-order chi connectivity index (χ1) is 9.24. The minimum atomic E-state index is -0.100. The second kappa shape index (κ2) is 7.28. The van der Waals surface area contributed by atoms with Gasteiger partial charge in [0.2, 0.25) is 0 Å². The Kier molecular flexibility index (Phi) is 5.68. The predicted octanol–water partition coefficient (Wildman–Crippen LogP) is 4.02. The Morgan fingerprint density at radius 3 is 2.79 bits per heavy atom. The van der Waals surface area contributed by atoms with E-state index in [1.54, 1.807) is 0 Å². The third-order valence-corrected chi connectivity index (χ3v) is 4.16. The van der Waals surface area contributed by atoms with Crippen molar-refractivity contribution in [2.45, 2.75) is 38.4 Å². The molecule has 1 aliphatic heterocycles. The van der Waals surface area contributed by atoms with Gasteiger partial charge in [-0.15, -0.1) is 11.6 Å². The third kappa shape index (κ3) is 4.48. The molecule has 2 unspecified atom stereocenters. The van der Waals surface area contributed by atoms with Gasteiger partial charge in [0.05, 0.1) is 24.7 Å². The topological polar surface area (TPSA) is 18.5 Å². The summed E-state index contributed by atoms with van der Waals surface area (Å²) in [6, 6.07) is 10.3. The summed E-state index contributed by atoms with van der Waals surface area (Å²) in [6.45, 7) is 4.52. The Morgan fingerprint density at radius 1 is 1.37 bits per heavy atom. The summed E-state index contributed by atoms with van der Waals surface area (Å²) in [5.74, 6) is 1.22. The van der Waals surface area contributed by atoms with Crippen molar-refractivity contribution in [3.63, 3.8) is 0 Å². The monoisotopic (exact) mass is 282 g/mol. The summed E-state index contributed by atoms with van der Waals surface area (Å²) in [5, 5.41) is 0. The highest BCUT2D eigenvalue weighted by molar-refractivity contribution is 6.18. The van der Waals surface area contributed by atoms with Crippen molar-refractivity contribution in [2.75, 3.05) is 19.1 Å². The van der Waals surface area contributed by atoms with E-state index in [1.165, 1.54) is 5.56 Å². The molecule has 19 heavy (non-hydrogen) atoms. The molecule has 0 aliphatic carbocycles. The van der Waals surface area contributed by atoms with Gasteiger partial charge in [-0.05, 0) is 30.7 Å². The maximum absolute atomic E-state index is 6.07. The molecule has 2 nitrogen and oxygen atoms in total. The van der Waals surface area contributed by atoms with Crippen LogP contribution in [-0.2, 0) is 16.1 Å². The maximum atomic E-state index is 6.07. The van der Waals surface area contributed by atoms with Crippen molar-refractivity contribution in [2.24, 2.45) is 5.92 Å². The molecule has 1 fully saturated rings. The minimum Gasteiger partial charge on any atom is -0.377 e. The van der Waals surface area contributed by atoms with Crippen LogP contribution in [-0.4, -0.2) is 24.7 Å². The first kappa shape index (κ1) is 14.8. The molecule has 1 heterocycles. The van der Waals surface area contributed by atoms with E-state index in [2.05, 4.69) is 19.1 Å². The highest BCUT2D eigenvalue weighted by atomic mass is 35.5. The van der Waals surface area contributed by atoms with E-state index in [0.717, 1.165) is 32.5 Å². The second-order valence-corrected chi connectivity index (χ2v) is 5.85. The van der Waals surface area contributed by atoms with E-state index < -0.39 is 0 Å². The molecule has 3 heteroatoms. The van der Waals surface area contributed by atoms with Crippen molar-refractivity contribution in [3.05, 3.63) is 35.9 Å². The normalized spacial score (nSPS) is 26.7. The fourth-order valence-electron chi connectivity index (χ4n) is 2.67. The quantitative estimate of drug-likeness (QED) is 0.555. The SMILES string of the molecule is CC1COC(CCl)(CCCOCc2ccccc2)C1. The molecule has 0 saturated carbocycles. The van der Waals surface area contributed by atoms with Gasteiger partial charge in [0.25, 0.3) is 0 Å². The lowest BCUT2D eigenvalue weighted by molar-refractivity contribution is 0.00546. The molecule has 2 rings (SSSR count). The molecule has 1 aliphatic rings. The van der Waals surface area contributed by atoms with Crippen LogP contribution in [0, 0.1) is 5.92 Å². The summed E-state index contributed by atoms with van der Waals surface area (Å²) < 4.78 is 11.6. The van der Waals surface area contributed by atoms with Crippen LogP contribution in [0.1, 0.15) is 31.7 Å². The van der Waals surface area contributed by atoms with Gasteiger partial charge in [-0.2, -0.15) is 0 Å². The number of benzene rings is 1. The molecule has 0 amide bonds. The Morgan fingerprint density at radius 2 is 2.16 bits per heavy atom. The zero-order valence-corrected chi connectivity index (χ0v) is 12.4. The van der Waals surface area contributed by atoms with Crippen LogP contribution < -0.4 is 0 Å². The number of alkyl halides is 1. The molecular weight excluding hydrogens is 260 g/mol. The Hall–Kier alpha value is -0.570. The van der Waals surface area contributed by atoms with Crippen LogP contribution in [0.15, 0.2) is 30.3 Å². The van der Waals surface area contributed by atoms with Crippen LogP contribution in [0.5, 0.6) is 0 Å². The van der Waals surface area contributed by atoms with Gasteiger partial charge in [-0.1, -0.05) is 37.3 Å². The lowest BCUT2D eigenvalue weighted by atomic mass is 9.92. The van der Waals surface area contributed by atoms with Crippen LogP contribution in [0.4, 0.5) is 0 Å². The molecule has 2 atom stereocenters. The van der Waals surface area contributed by atoms with Gasteiger partial charge >= 0.3 is 0 Å². The number of rotatable bonds is 7. The van der Waals surface area contributed by atoms with Gasteiger partial charge in [0.15, 0.2) is 0 Å². The molecule has 106 valence electrons. The average molecular weight is 283 g/mol. The number of halogens is 1. The van der Waals surface area contributed by atoms with E-state index in [4.69, 9.17) is 21.1 Å². The van der Waals surface area contributed by atoms with E-state index in [1.807, 2.05) is 18.2 Å². The number of ether oxygens (including phenoxy) is 2. The van der Waals surface area contributed by atoms with Crippen molar-refractivity contribution in [3.8, 4) is 0 Å². The van der Waals surface area contributed by atoms with Crippen molar-refractivity contribution in [1.82, 2.24) is 0 Å². The fraction of sp³-hybridized carbons (Fsp3) is 0.625. The second-order valence-electron chi connectivity index (χ2n) is 5.58. The average Bonchev–Trinajstić information content (AvgIpc) is 2.82. The Bertz CT molecular complexity index is 368. The molecule has 0 N–H and O–H groups in total.